The molecule has 20 heavy (non-hydrogen) atoms. The zero-order chi connectivity index (χ0) is 14.5. The lowest BCUT2D eigenvalue weighted by Crippen LogP contribution is -2.66. The number of fused-ring (bicyclic) bond motifs is 1. The highest BCUT2D eigenvalue weighted by molar-refractivity contribution is 8.01. The monoisotopic (exact) mass is 299 g/mol. The Kier molecular flexibility index (Phi) is 3.24. The molecule has 3 rings (SSSR count). The van der Waals surface area contributed by atoms with Crippen LogP contribution in [0.15, 0.2) is 29.2 Å². The van der Waals surface area contributed by atoms with E-state index in [0.717, 1.165) is 11.8 Å². The highest BCUT2D eigenvalue weighted by atomic mass is 32.2. The van der Waals surface area contributed by atoms with E-state index < -0.39 is 29.2 Å². The Morgan fingerprint density at radius 3 is 2.75 bits per heavy atom. The zero-order valence-corrected chi connectivity index (χ0v) is 11.0. The lowest BCUT2D eigenvalue weighted by Gasteiger charge is -2.46. The highest BCUT2D eigenvalue weighted by Gasteiger charge is 2.59. The van der Waals surface area contributed by atoms with Gasteiger partial charge >= 0.3 is 0 Å². The summed E-state index contributed by atoms with van der Waals surface area (Å²) in [6, 6.07) is 6.58. The Hall–Kier alpha value is -1.16. The van der Waals surface area contributed by atoms with Crippen LogP contribution in [-0.2, 0) is 9.53 Å². The number of thioether (sulfide) groups is 1. The van der Waals surface area contributed by atoms with Crippen LogP contribution in [0.2, 0.25) is 0 Å². The van der Waals surface area contributed by atoms with Gasteiger partial charge in [0.25, 0.3) is 5.91 Å². The maximum atomic E-state index is 12.3. The number of ether oxygens (including phenoxy) is 1. The number of carbonyl (C=O) groups excluding carboxylic acids is 1. The fourth-order valence-electron chi connectivity index (χ4n) is 2.29. The van der Waals surface area contributed by atoms with Crippen LogP contribution in [0.4, 0.5) is 5.69 Å². The number of aliphatic hydroxyl groups is 3. The number of carbonyl (C=O) groups is 1. The molecule has 0 aromatic heterocycles. The minimum absolute atomic E-state index is 0.282. The summed E-state index contributed by atoms with van der Waals surface area (Å²) in [5, 5.41) is 39.7. The Morgan fingerprint density at radius 2 is 2.00 bits per heavy atom. The van der Waals surface area contributed by atoms with Crippen LogP contribution in [0.5, 0.6) is 0 Å². The molecule has 1 aromatic rings. The first-order valence-electron chi connectivity index (χ1n) is 5.97. The number of aliphatic hydroxyl groups excluding tert-OH is 3. The Morgan fingerprint density at radius 1 is 1.30 bits per heavy atom. The number of amides is 1. The first-order valence-corrected chi connectivity index (χ1v) is 6.78. The second-order valence-electron chi connectivity index (χ2n) is 4.67. The third-order valence-corrected chi connectivity index (χ3v) is 4.82. The topological polar surface area (TPSA) is 110 Å². The third-order valence-electron chi connectivity index (χ3n) is 3.42. The minimum atomic E-state index is -1.86. The van der Waals surface area contributed by atoms with Crippen molar-refractivity contribution in [3.05, 3.63) is 24.3 Å². The fraction of sp³-hybridized carbons (Fsp3) is 0.417. The molecule has 4 N–H and O–H groups in total. The summed E-state index contributed by atoms with van der Waals surface area (Å²) in [5.74, 6) is -0.889. The van der Waals surface area contributed by atoms with Crippen LogP contribution >= 0.6 is 11.8 Å². The number of hydrogen-bond donors (Lipinski definition) is 4. The summed E-state index contributed by atoms with van der Waals surface area (Å²) in [4.78, 5) is 11.0. The SMILES string of the molecule is O=C1N(O)c2ccccc2S[C@]12OC[C@@H](O)[C@@H](O)[C@@H]2O. The van der Waals surface area contributed by atoms with Crippen molar-refractivity contribution >= 4 is 23.4 Å². The van der Waals surface area contributed by atoms with Gasteiger partial charge in [-0.2, -0.15) is 5.06 Å². The van der Waals surface area contributed by atoms with Crippen molar-refractivity contribution in [3.8, 4) is 0 Å². The molecule has 4 atom stereocenters. The molecule has 2 aliphatic heterocycles. The second-order valence-corrected chi connectivity index (χ2v) is 5.92. The summed E-state index contributed by atoms with van der Waals surface area (Å²) in [6.45, 7) is -0.313. The Bertz CT molecular complexity index is 555. The number of para-hydroxylation sites is 1. The molecule has 2 heterocycles. The lowest BCUT2D eigenvalue weighted by molar-refractivity contribution is -0.204. The van der Waals surface area contributed by atoms with Gasteiger partial charge in [-0.25, -0.2) is 0 Å². The van der Waals surface area contributed by atoms with E-state index in [9.17, 15) is 25.3 Å². The average Bonchev–Trinajstić information content (AvgIpc) is 2.46. The van der Waals surface area contributed by atoms with Crippen molar-refractivity contribution in [1.82, 2.24) is 0 Å². The van der Waals surface area contributed by atoms with Crippen LogP contribution in [0.25, 0.3) is 0 Å². The van der Waals surface area contributed by atoms with E-state index in [4.69, 9.17) is 4.74 Å². The van der Waals surface area contributed by atoms with Crippen LogP contribution in [0, 0.1) is 0 Å². The van der Waals surface area contributed by atoms with Crippen LogP contribution in [0.3, 0.4) is 0 Å². The predicted octanol–water partition coefficient (Wildman–Crippen LogP) is -0.676. The van der Waals surface area contributed by atoms with Crippen molar-refractivity contribution in [2.24, 2.45) is 0 Å². The summed E-state index contributed by atoms with van der Waals surface area (Å²) >= 11 is 0.911. The maximum absolute atomic E-state index is 12.3. The third kappa shape index (κ3) is 1.77. The van der Waals surface area contributed by atoms with Crippen molar-refractivity contribution in [3.63, 3.8) is 0 Å². The van der Waals surface area contributed by atoms with Gasteiger partial charge < -0.3 is 20.1 Å². The molecule has 0 saturated carbocycles. The molecule has 8 heteroatoms. The normalized spacial score (nSPS) is 37.1. The predicted molar refractivity (Wildman–Crippen MR) is 68.3 cm³/mol. The smallest absolute Gasteiger partial charge is 0.296 e. The summed E-state index contributed by atoms with van der Waals surface area (Å²) in [7, 11) is 0. The van der Waals surface area contributed by atoms with Gasteiger partial charge in [0.1, 0.15) is 18.3 Å². The van der Waals surface area contributed by atoms with E-state index in [-0.39, 0.29) is 12.3 Å². The van der Waals surface area contributed by atoms with Gasteiger partial charge in [0.15, 0.2) is 0 Å². The molecule has 0 bridgehead atoms. The number of benzene rings is 1. The van der Waals surface area contributed by atoms with Crippen molar-refractivity contribution in [1.29, 1.82) is 0 Å². The Labute approximate surface area is 118 Å². The number of hydrogen-bond acceptors (Lipinski definition) is 7. The number of nitrogens with zero attached hydrogens (tertiary/aromatic N) is 1. The van der Waals surface area contributed by atoms with Gasteiger partial charge in [0, 0.05) is 4.90 Å². The molecular weight excluding hydrogens is 286 g/mol. The standard InChI is InChI=1S/C12H13NO6S/c14-7-5-19-12(10(16)9(7)15)11(17)13(18)6-3-1-2-4-8(6)20-12/h1-4,7,9-10,14-16,18H,5H2/t7-,9-,10+,12+/m1/s1. The molecule has 1 fully saturated rings. The summed E-state index contributed by atoms with van der Waals surface area (Å²) < 4.78 is 5.29. The summed E-state index contributed by atoms with van der Waals surface area (Å²) in [6.07, 6.45) is -4.47. The molecule has 1 amide bonds. The van der Waals surface area contributed by atoms with E-state index >= 15 is 0 Å². The lowest BCUT2D eigenvalue weighted by atomic mass is 9.98. The Balaban J connectivity index is 2.05. The maximum Gasteiger partial charge on any atom is 0.296 e. The van der Waals surface area contributed by atoms with Crippen molar-refractivity contribution in [2.45, 2.75) is 28.1 Å². The zero-order valence-electron chi connectivity index (χ0n) is 10.2. The van der Waals surface area contributed by atoms with Crippen LogP contribution in [0.1, 0.15) is 0 Å². The van der Waals surface area contributed by atoms with Crippen LogP contribution < -0.4 is 5.06 Å². The van der Waals surface area contributed by atoms with E-state index in [0.29, 0.717) is 9.96 Å². The van der Waals surface area contributed by atoms with E-state index in [1.807, 2.05) is 0 Å². The van der Waals surface area contributed by atoms with Gasteiger partial charge in [0.2, 0.25) is 4.93 Å². The second kappa shape index (κ2) is 4.69. The van der Waals surface area contributed by atoms with Crippen molar-refractivity contribution < 1.29 is 30.1 Å². The molecule has 0 aliphatic carbocycles. The number of anilines is 1. The average molecular weight is 299 g/mol. The summed E-state index contributed by atoms with van der Waals surface area (Å²) in [5.41, 5.74) is 0.282. The largest absolute Gasteiger partial charge is 0.388 e. The molecule has 7 nitrogen and oxygen atoms in total. The molecular formula is C12H13NO6S. The quantitative estimate of drug-likeness (QED) is 0.470. The van der Waals surface area contributed by atoms with E-state index in [1.54, 1.807) is 24.3 Å². The first kappa shape index (κ1) is 13.8. The van der Waals surface area contributed by atoms with E-state index in [1.165, 1.54) is 0 Å². The van der Waals surface area contributed by atoms with Gasteiger partial charge in [-0.05, 0) is 12.1 Å². The minimum Gasteiger partial charge on any atom is -0.388 e. The molecule has 1 aromatic carbocycles. The fourth-order valence-corrected chi connectivity index (χ4v) is 3.58. The van der Waals surface area contributed by atoms with Gasteiger partial charge in [0.05, 0.1) is 12.3 Å². The number of rotatable bonds is 0. The van der Waals surface area contributed by atoms with Crippen molar-refractivity contribution in [2.75, 3.05) is 11.7 Å². The van der Waals surface area contributed by atoms with Gasteiger partial charge in [-0.15, -0.1) is 0 Å². The highest BCUT2D eigenvalue weighted by Crippen LogP contribution is 2.49. The van der Waals surface area contributed by atoms with Gasteiger partial charge in [-0.3, -0.25) is 10.0 Å². The molecule has 1 spiro atoms. The molecule has 2 aliphatic rings. The molecule has 0 unspecified atom stereocenters. The molecule has 0 radical (unpaired) electrons. The molecule has 1 saturated heterocycles. The van der Waals surface area contributed by atoms with E-state index in [2.05, 4.69) is 0 Å². The first-order chi connectivity index (χ1) is 9.47. The van der Waals surface area contributed by atoms with Gasteiger partial charge in [-0.1, -0.05) is 23.9 Å². The molecule has 108 valence electrons. The number of hydroxylamine groups is 1. The van der Waals surface area contributed by atoms with Crippen LogP contribution in [-0.4, -0.2) is 56.3 Å².